The molecule has 0 saturated heterocycles. The van der Waals surface area contributed by atoms with Crippen LogP contribution in [0.1, 0.15) is 325 Å². The number of carbonyl (C=O) groups excluding carboxylic acids is 4. The maximum Gasteiger partial charge on any atom is 0.472 e. The number of carbonyl (C=O) groups is 4. The molecule has 0 fully saturated rings. The summed E-state index contributed by atoms with van der Waals surface area (Å²) in [6.45, 7) is 11.7. The van der Waals surface area contributed by atoms with E-state index in [1.165, 1.54) is 135 Å². The van der Waals surface area contributed by atoms with Gasteiger partial charge < -0.3 is 33.8 Å². The summed E-state index contributed by atoms with van der Waals surface area (Å²) in [6, 6.07) is 0. The number of ether oxygens (including phenoxy) is 4. The van der Waals surface area contributed by atoms with Gasteiger partial charge >= 0.3 is 39.5 Å². The summed E-state index contributed by atoms with van der Waals surface area (Å²) in [4.78, 5) is 72.3. The maximum atomic E-state index is 13.0. The number of hydrogen-bond acceptors (Lipinski definition) is 15. The zero-order valence-electron chi connectivity index (χ0n) is 55.1. The number of phosphoric ester groups is 2. The van der Waals surface area contributed by atoms with Crippen molar-refractivity contribution < 1.29 is 80.2 Å². The van der Waals surface area contributed by atoms with Crippen molar-refractivity contribution in [2.75, 3.05) is 39.6 Å². The molecule has 0 aliphatic heterocycles. The Kier molecular flexibility index (Phi) is 55.9. The first kappa shape index (κ1) is 83.1. The second-order valence-corrected chi connectivity index (χ2v) is 28.2. The maximum absolute atomic E-state index is 13.0. The van der Waals surface area contributed by atoms with Crippen LogP contribution in [-0.4, -0.2) is 96.7 Å². The summed E-state index contributed by atoms with van der Waals surface area (Å²) < 4.78 is 68.1. The summed E-state index contributed by atoms with van der Waals surface area (Å²) >= 11 is 0. The molecule has 17 nitrogen and oxygen atoms in total. The zero-order chi connectivity index (χ0) is 63.1. The van der Waals surface area contributed by atoms with E-state index >= 15 is 0 Å². The summed E-state index contributed by atoms with van der Waals surface area (Å²) in [5.41, 5.74) is 0. The third-order valence-electron chi connectivity index (χ3n) is 15.1. The standard InChI is InChI=1S/C66H128O17P2/c1-8-9-10-11-12-16-26-33-40-47-63(68)76-53-62(83-66(71)50-43-36-29-22-21-25-32-39-46-59(6)7)56-81-85(74,75)79-52-60(67)51-78-84(72,73)80-55-61(54-77-64(69)48-41-34-27-20-15-18-24-31-38-45-58(4)5)82-65(70)49-42-35-28-19-14-13-17-23-30-37-44-57(2)3/h57-62,67H,8-56H2,1-7H3,(H,72,73)(H,74,75)/t60-,61-,62-/m1/s1. The van der Waals surface area contributed by atoms with Gasteiger partial charge in [-0.3, -0.25) is 37.3 Å². The Hall–Kier alpha value is -1.94. The lowest BCUT2D eigenvalue weighted by molar-refractivity contribution is -0.161. The van der Waals surface area contributed by atoms with E-state index in [-0.39, 0.29) is 25.7 Å². The first-order valence-electron chi connectivity index (χ1n) is 34.3. The molecule has 0 bridgehead atoms. The quantitative estimate of drug-likeness (QED) is 0.0222. The van der Waals surface area contributed by atoms with E-state index < -0.39 is 97.5 Å². The Morgan fingerprint density at radius 3 is 0.800 bits per heavy atom. The number of aliphatic hydroxyl groups is 1. The molecule has 0 aliphatic carbocycles. The van der Waals surface area contributed by atoms with Crippen LogP contribution in [0.4, 0.5) is 0 Å². The number of esters is 4. The number of rotatable bonds is 64. The molecule has 0 spiro atoms. The molecule has 0 amide bonds. The first-order valence-corrected chi connectivity index (χ1v) is 37.3. The van der Waals surface area contributed by atoms with E-state index in [2.05, 4.69) is 48.5 Å². The number of aliphatic hydroxyl groups excluding tert-OH is 1. The van der Waals surface area contributed by atoms with Gasteiger partial charge in [0, 0.05) is 25.7 Å². The highest BCUT2D eigenvalue weighted by molar-refractivity contribution is 7.47. The smallest absolute Gasteiger partial charge is 0.462 e. The average molecular weight is 1260 g/mol. The second kappa shape index (κ2) is 57.2. The van der Waals surface area contributed by atoms with E-state index in [0.29, 0.717) is 25.7 Å². The van der Waals surface area contributed by atoms with E-state index in [1.807, 2.05) is 0 Å². The molecule has 0 heterocycles. The summed E-state index contributed by atoms with van der Waals surface area (Å²) in [5, 5.41) is 10.5. The third kappa shape index (κ3) is 60.7. The Morgan fingerprint density at radius 2 is 0.541 bits per heavy atom. The second-order valence-electron chi connectivity index (χ2n) is 25.3. The van der Waals surface area contributed by atoms with Crippen LogP contribution in [0.2, 0.25) is 0 Å². The van der Waals surface area contributed by atoms with Crippen LogP contribution < -0.4 is 0 Å². The van der Waals surface area contributed by atoms with E-state index in [1.54, 1.807) is 0 Å². The van der Waals surface area contributed by atoms with Gasteiger partial charge in [0.1, 0.15) is 19.3 Å². The lowest BCUT2D eigenvalue weighted by Crippen LogP contribution is -2.30. The third-order valence-corrected chi connectivity index (χ3v) is 17.0. The molecule has 0 aliphatic rings. The van der Waals surface area contributed by atoms with Gasteiger partial charge in [0.05, 0.1) is 26.4 Å². The minimum Gasteiger partial charge on any atom is -0.462 e. The van der Waals surface area contributed by atoms with Crippen molar-refractivity contribution in [1.82, 2.24) is 0 Å². The van der Waals surface area contributed by atoms with Gasteiger partial charge in [0.25, 0.3) is 0 Å². The van der Waals surface area contributed by atoms with Crippen molar-refractivity contribution in [3.8, 4) is 0 Å². The summed E-state index contributed by atoms with van der Waals surface area (Å²) in [6.07, 6.45) is 39.0. The van der Waals surface area contributed by atoms with E-state index in [4.69, 9.17) is 37.0 Å². The predicted molar refractivity (Wildman–Crippen MR) is 340 cm³/mol. The SMILES string of the molecule is CCCCCCCCCCCC(=O)OC[C@H](COP(=O)(O)OC[C@H](O)COP(=O)(O)OC[C@@H](COC(=O)CCCCCCCCCCCC(C)C)OC(=O)CCCCCCCCCCCCC(C)C)OC(=O)CCCCCCCCCCC(C)C. The van der Waals surface area contributed by atoms with Crippen LogP contribution in [0, 0.1) is 17.8 Å². The van der Waals surface area contributed by atoms with Crippen LogP contribution in [-0.2, 0) is 65.4 Å². The highest BCUT2D eigenvalue weighted by Crippen LogP contribution is 2.45. The predicted octanol–water partition coefficient (Wildman–Crippen LogP) is 18.3. The molecule has 3 N–H and O–H groups in total. The molecule has 0 aromatic rings. The fourth-order valence-corrected chi connectivity index (χ4v) is 11.4. The molecule has 0 rings (SSSR count). The molecular weight excluding hydrogens is 1130 g/mol. The molecule has 0 aromatic carbocycles. The van der Waals surface area contributed by atoms with E-state index in [0.717, 1.165) is 108 Å². The van der Waals surface area contributed by atoms with Crippen LogP contribution >= 0.6 is 15.6 Å². The molecule has 0 radical (unpaired) electrons. The van der Waals surface area contributed by atoms with Crippen LogP contribution in [0.3, 0.4) is 0 Å². The fourth-order valence-electron chi connectivity index (χ4n) is 9.83. The van der Waals surface area contributed by atoms with Gasteiger partial charge in [-0.2, -0.15) is 0 Å². The van der Waals surface area contributed by atoms with Crippen LogP contribution in [0.15, 0.2) is 0 Å². The first-order chi connectivity index (χ1) is 40.7. The van der Waals surface area contributed by atoms with Crippen LogP contribution in [0.25, 0.3) is 0 Å². The van der Waals surface area contributed by atoms with Crippen molar-refractivity contribution in [2.24, 2.45) is 17.8 Å². The Labute approximate surface area is 517 Å². The molecule has 85 heavy (non-hydrogen) atoms. The molecule has 19 heteroatoms. The molecule has 504 valence electrons. The fraction of sp³-hybridized carbons (Fsp3) is 0.939. The van der Waals surface area contributed by atoms with E-state index in [9.17, 15) is 43.2 Å². The van der Waals surface area contributed by atoms with Gasteiger partial charge in [-0.05, 0) is 43.4 Å². The van der Waals surface area contributed by atoms with Gasteiger partial charge in [0.2, 0.25) is 0 Å². The molecule has 0 aromatic heterocycles. The Balaban J connectivity index is 5.25. The highest BCUT2D eigenvalue weighted by Gasteiger charge is 2.30. The van der Waals surface area contributed by atoms with Gasteiger partial charge in [0.15, 0.2) is 12.2 Å². The van der Waals surface area contributed by atoms with Crippen molar-refractivity contribution in [1.29, 1.82) is 0 Å². The Morgan fingerprint density at radius 1 is 0.318 bits per heavy atom. The minimum absolute atomic E-state index is 0.104. The van der Waals surface area contributed by atoms with Gasteiger partial charge in [-0.25, -0.2) is 9.13 Å². The lowest BCUT2D eigenvalue weighted by atomic mass is 10.0. The minimum atomic E-state index is -4.95. The number of phosphoric acid groups is 2. The average Bonchev–Trinajstić information content (AvgIpc) is 3.53. The molecular formula is C66H128O17P2. The van der Waals surface area contributed by atoms with Gasteiger partial charge in [-0.15, -0.1) is 0 Å². The van der Waals surface area contributed by atoms with Crippen molar-refractivity contribution >= 4 is 39.5 Å². The monoisotopic (exact) mass is 1250 g/mol. The summed E-state index contributed by atoms with van der Waals surface area (Å²) in [7, 11) is -9.89. The zero-order valence-corrected chi connectivity index (χ0v) is 56.9. The topological polar surface area (TPSA) is 237 Å². The Bertz CT molecular complexity index is 1680. The number of unbranched alkanes of at least 4 members (excludes halogenated alkanes) is 32. The lowest BCUT2D eigenvalue weighted by Gasteiger charge is -2.21. The van der Waals surface area contributed by atoms with Crippen molar-refractivity contribution in [3.63, 3.8) is 0 Å². The summed E-state index contributed by atoms with van der Waals surface area (Å²) in [5.74, 6) is 0.0796. The molecule has 0 saturated carbocycles. The normalized spacial score (nSPS) is 14.3. The van der Waals surface area contributed by atoms with Crippen molar-refractivity contribution in [2.45, 2.75) is 343 Å². The largest absolute Gasteiger partial charge is 0.472 e. The molecule has 2 unspecified atom stereocenters. The highest BCUT2D eigenvalue weighted by atomic mass is 31.2. The van der Waals surface area contributed by atoms with Crippen LogP contribution in [0.5, 0.6) is 0 Å². The molecule has 5 atom stereocenters. The van der Waals surface area contributed by atoms with Crippen molar-refractivity contribution in [3.05, 3.63) is 0 Å². The number of hydrogen-bond donors (Lipinski definition) is 3. The van der Waals surface area contributed by atoms with Gasteiger partial charge in [-0.1, -0.05) is 273 Å².